The average molecular weight is 493 g/mol. The molecule has 1 aromatic heterocycles. The molecule has 0 bridgehead atoms. The largest absolute Gasteiger partial charge is 0.500 e. The molecular weight excluding hydrogens is 461 g/mol. The van der Waals surface area contributed by atoms with E-state index in [0.29, 0.717) is 6.42 Å². The number of ether oxygens (including phenoxy) is 2. The predicted molar refractivity (Wildman–Crippen MR) is 117 cm³/mol. The molecule has 1 amide bonds. The lowest BCUT2D eigenvalue weighted by atomic mass is 9.87. The molecular formula is C19H31N3O8PS+. The van der Waals surface area contributed by atoms with E-state index in [1.165, 1.54) is 25.4 Å². The zero-order valence-electron chi connectivity index (χ0n) is 18.9. The van der Waals surface area contributed by atoms with Crippen LogP contribution in [0.25, 0.3) is 0 Å². The number of thiazole rings is 1. The number of aromatic nitrogens is 1. The highest BCUT2D eigenvalue weighted by atomic mass is 32.1. The summed E-state index contributed by atoms with van der Waals surface area (Å²) < 4.78 is 20.9. The Bertz CT molecular complexity index is 820. The summed E-state index contributed by atoms with van der Waals surface area (Å²) in [7, 11) is -2.46. The maximum atomic E-state index is 12.6. The van der Waals surface area contributed by atoms with Crippen LogP contribution in [0.4, 0.5) is 0 Å². The van der Waals surface area contributed by atoms with E-state index in [-0.39, 0.29) is 26.2 Å². The van der Waals surface area contributed by atoms with Crippen molar-refractivity contribution in [2.45, 2.75) is 52.7 Å². The Hall–Kier alpha value is -1.69. The van der Waals surface area contributed by atoms with Crippen LogP contribution in [0, 0.1) is 12.3 Å². The lowest BCUT2D eigenvalue weighted by Crippen LogP contribution is -2.53. The second kappa shape index (κ2) is 11.4. The van der Waals surface area contributed by atoms with E-state index in [0.717, 1.165) is 10.6 Å². The Morgan fingerprint density at radius 2 is 2.16 bits per heavy atom. The molecule has 1 aromatic rings. The fraction of sp³-hybridized carbons (Fsp3) is 0.684. The second-order valence-corrected chi connectivity index (χ2v) is 10.7. The number of hydrogen-bond donors (Lipinski definition) is 3. The van der Waals surface area contributed by atoms with Gasteiger partial charge in [0.05, 0.1) is 31.3 Å². The van der Waals surface area contributed by atoms with Crippen molar-refractivity contribution in [1.29, 1.82) is 0 Å². The van der Waals surface area contributed by atoms with Crippen LogP contribution >= 0.6 is 19.4 Å². The quantitative estimate of drug-likeness (QED) is 0.323. The van der Waals surface area contributed by atoms with E-state index in [9.17, 15) is 19.3 Å². The van der Waals surface area contributed by atoms with Gasteiger partial charge in [-0.3, -0.25) is 14.4 Å². The number of esters is 2. The Morgan fingerprint density at radius 3 is 2.78 bits per heavy atom. The zero-order valence-corrected chi connectivity index (χ0v) is 20.6. The minimum absolute atomic E-state index is 0.00742. The topological polar surface area (TPSA) is 145 Å². The Balaban J connectivity index is 1.89. The predicted octanol–water partition coefficient (Wildman–Crippen LogP) is 1.31. The number of rotatable bonds is 10. The minimum Gasteiger partial charge on any atom is -0.469 e. The van der Waals surface area contributed by atoms with Gasteiger partial charge in [-0.05, 0) is 13.8 Å². The molecule has 1 aliphatic rings. The molecule has 2 heterocycles. The first-order chi connectivity index (χ1) is 15.0. The van der Waals surface area contributed by atoms with Crippen molar-refractivity contribution >= 4 is 37.3 Å². The van der Waals surface area contributed by atoms with E-state index in [4.69, 9.17) is 13.8 Å². The van der Waals surface area contributed by atoms with Gasteiger partial charge in [-0.15, -0.1) is 20.9 Å². The third-order valence-electron chi connectivity index (χ3n) is 4.79. The van der Waals surface area contributed by atoms with Crippen LogP contribution < -0.4 is 10.4 Å². The van der Waals surface area contributed by atoms with Gasteiger partial charge in [-0.2, -0.15) is 9.42 Å². The third-order valence-corrected chi connectivity index (χ3v) is 7.48. The Morgan fingerprint density at radius 1 is 1.44 bits per heavy atom. The number of methoxy groups -OCH3 is 1. The number of amides is 1. The highest BCUT2D eigenvalue weighted by molar-refractivity contribution is 7.58. The molecule has 11 nitrogen and oxygen atoms in total. The van der Waals surface area contributed by atoms with Gasteiger partial charge in [0, 0.05) is 23.3 Å². The highest BCUT2D eigenvalue weighted by Crippen LogP contribution is 2.60. The maximum Gasteiger partial charge on any atom is 0.500 e. The van der Waals surface area contributed by atoms with Gasteiger partial charge >= 0.3 is 20.0 Å². The normalized spacial score (nSPS) is 23.2. The van der Waals surface area contributed by atoms with Crippen LogP contribution in [0.5, 0.6) is 0 Å². The van der Waals surface area contributed by atoms with Crippen LogP contribution in [0.15, 0.2) is 5.51 Å². The first-order valence-electron chi connectivity index (χ1n) is 10.1. The SMILES string of the molecule is COC(=O)CCNC(=O)[C@@H]1O[P+](O)(N[C@H](C)C(=O)OCCc2scnc2C)OCC1(C)C. The summed E-state index contributed by atoms with van der Waals surface area (Å²) >= 11 is 1.49. The summed E-state index contributed by atoms with van der Waals surface area (Å²) in [5, 5.41) is 5.24. The van der Waals surface area contributed by atoms with E-state index < -0.39 is 43.5 Å². The Kier molecular flexibility index (Phi) is 9.50. The first kappa shape index (κ1) is 26.6. The van der Waals surface area contributed by atoms with Crippen molar-refractivity contribution in [1.82, 2.24) is 15.4 Å². The van der Waals surface area contributed by atoms with Gasteiger partial charge < -0.3 is 14.8 Å². The third kappa shape index (κ3) is 7.43. The summed E-state index contributed by atoms with van der Waals surface area (Å²) in [5.74, 6) is -1.55. The van der Waals surface area contributed by atoms with Crippen LogP contribution in [0.1, 0.15) is 37.8 Å². The molecule has 0 saturated carbocycles. The standard InChI is InChI=1S/C19H30N3O8PS/c1-12-14(32-11-21-12)7-9-28-18(25)13(2)22-31(26)29-10-19(3,4)16(30-31)17(24)20-8-6-15(23)27-5/h11,13,16,22,26H,6-10H2,1-5H3/p+1/t13-,16+,31?/m1/s1. The summed E-state index contributed by atoms with van der Waals surface area (Å²) in [6, 6.07) is -0.930. The summed E-state index contributed by atoms with van der Waals surface area (Å²) in [6.45, 7) is 7.15. The molecule has 1 saturated heterocycles. The molecule has 0 spiro atoms. The number of carbonyl (C=O) groups excluding carboxylic acids is 3. The van der Waals surface area contributed by atoms with Crippen molar-refractivity contribution < 1.29 is 37.8 Å². The van der Waals surface area contributed by atoms with Gasteiger partial charge in [0.2, 0.25) is 0 Å². The average Bonchev–Trinajstić information content (AvgIpc) is 3.14. The van der Waals surface area contributed by atoms with Crippen LogP contribution in [-0.4, -0.2) is 66.7 Å². The molecule has 2 rings (SSSR count). The molecule has 13 heteroatoms. The second-order valence-electron chi connectivity index (χ2n) is 8.01. The van der Waals surface area contributed by atoms with Crippen LogP contribution in [-0.2, 0) is 39.3 Å². The first-order valence-corrected chi connectivity index (χ1v) is 12.6. The molecule has 0 radical (unpaired) electrons. The van der Waals surface area contributed by atoms with Gasteiger partial charge in [-0.1, -0.05) is 13.8 Å². The molecule has 32 heavy (non-hydrogen) atoms. The summed E-state index contributed by atoms with van der Waals surface area (Å²) in [5.41, 5.74) is 1.89. The van der Waals surface area contributed by atoms with Crippen molar-refractivity contribution in [3.8, 4) is 0 Å². The van der Waals surface area contributed by atoms with E-state index in [1.54, 1.807) is 19.4 Å². The summed E-state index contributed by atoms with van der Waals surface area (Å²) in [4.78, 5) is 52.1. The van der Waals surface area contributed by atoms with Gasteiger partial charge in [-0.25, -0.2) is 4.98 Å². The number of nitrogens with zero attached hydrogens (tertiary/aromatic N) is 1. The molecule has 1 fully saturated rings. The highest BCUT2D eigenvalue weighted by Gasteiger charge is 2.58. The number of hydrogen-bond acceptors (Lipinski definition) is 11. The number of nitrogens with one attached hydrogen (secondary N) is 2. The smallest absolute Gasteiger partial charge is 0.469 e. The number of carbonyl (C=O) groups is 3. The minimum atomic E-state index is -3.72. The van der Waals surface area contributed by atoms with Crippen LogP contribution in [0.3, 0.4) is 0 Å². The molecule has 1 aliphatic heterocycles. The van der Waals surface area contributed by atoms with Gasteiger partial charge in [0.25, 0.3) is 5.91 Å². The maximum absolute atomic E-state index is 12.6. The molecule has 1 unspecified atom stereocenters. The summed E-state index contributed by atoms with van der Waals surface area (Å²) in [6.07, 6.45) is -0.506. The Labute approximate surface area is 191 Å². The van der Waals surface area contributed by atoms with Crippen molar-refractivity contribution in [3.05, 3.63) is 16.1 Å². The zero-order chi connectivity index (χ0) is 23.9. The molecule has 3 N–H and O–H groups in total. The molecule has 3 atom stereocenters. The van der Waals surface area contributed by atoms with Crippen molar-refractivity contribution in [2.24, 2.45) is 5.41 Å². The lowest BCUT2D eigenvalue weighted by molar-refractivity contribution is -0.146. The van der Waals surface area contributed by atoms with E-state index in [2.05, 4.69) is 20.1 Å². The monoisotopic (exact) mass is 492 g/mol. The molecule has 0 aromatic carbocycles. The van der Waals surface area contributed by atoms with Crippen molar-refractivity contribution in [3.63, 3.8) is 0 Å². The van der Waals surface area contributed by atoms with E-state index >= 15 is 0 Å². The number of aryl methyl sites for hydroxylation is 1. The lowest BCUT2D eigenvalue weighted by Gasteiger charge is -2.37. The van der Waals surface area contributed by atoms with Crippen molar-refractivity contribution in [2.75, 3.05) is 26.9 Å². The van der Waals surface area contributed by atoms with E-state index in [1.807, 2.05) is 6.92 Å². The molecule has 180 valence electrons. The fourth-order valence-electron chi connectivity index (χ4n) is 2.83. The van der Waals surface area contributed by atoms with Crippen LogP contribution in [0.2, 0.25) is 0 Å². The fourth-order valence-corrected chi connectivity index (χ4v) is 5.56. The van der Waals surface area contributed by atoms with Gasteiger partial charge in [0.15, 0.2) is 6.10 Å². The molecule has 0 aliphatic carbocycles. The van der Waals surface area contributed by atoms with Gasteiger partial charge in [0.1, 0.15) is 12.6 Å².